The summed E-state index contributed by atoms with van der Waals surface area (Å²) in [5.74, 6) is 3.36. The number of hydrogen-bond donors (Lipinski definition) is 3. The van der Waals surface area contributed by atoms with Crippen LogP contribution in [0, 0.1) is 0 Å². The highest BCUT2D eigenvalue weighted by Gasteiger charge is 2.48. The Morgan fingerprint density at radius 3 is 2.33 bits per heavy atom. The Bertz CT molecular complexity index is 1010. The van der Waals surface area contributed by atoms with Crippen molar-refractivity contribution in [2.75, 3.05) is 18.8 Å². The smallest absolute Gasteiger partial charge is 0.167 e. The maximum atomic E-state index is 12.4. The fourth-order valence-electron chi connectivity index (χ4n) is 4.96. The SMILES string of the molecule is CBr.CBr.CO[C@@H]1[C@@H]2C(=C3CCC(=O)c4c(O)ccc2c43)c2cccc(O)c2[C@@H]1O. The molecule has 0 radical (unpaired) electrons. The fraction of sp³-hybridized carbons (Fsp3) is 0.348. The molecule has 3 aliphatic carbocycles. The quantitative estimate of drug-likeness (QED) is 0.435. The maximum absolute atomic E-state index is 12.4. The number of phenols is 2. The molecule has 2 aromatic rings. The van der Waals surface area contributed by atoms with Gasteiger partial charge in [0.1, 0.15) is 17.6 Å². The number of phenolic OH excluding ortho intramolecular Hbond substituents is 2. The van der Waals surface area contributed by atoms with Gasteiger partial charge in [0.2, 0.25) is 0 Å². The molecule has 0 fully saturated rings. The van der Waals surface area contributed by atoms with Crippen LogP contribution in [0.5, 0.6) is 11.5 Å². The van der Waals surface area contributed by atoms with E-state index >= 15 is 0 Å². The van der Waals surface area contributed by atoms with E-state index in [1.54, 1.807) is 25.3 Å². The van der Waals surface area contributed by atoms with Gasteiger partial charge in [-0.3, -0.25) is 4.79 Å². The summed E-state index contributed by atoms with van der Waals surface area (Å²) in [6.45, 7) is 0. The van der Waals surface area contributed by atoms with Crippen LogP contribution in [0.1, 0.15) is 57.5 Å². The van der Waals surface area contributed by atoms with Gasteiger partial charge in [0.15, 0.2) is 5.78 Å². The predicted octanol–water partition coefficient (Wildman–Crippen LogP) is 5.17. The molecule has 3 N–H and O–H groups in total. The molecule has 7 heteroatoms. The zero-order chi connectivity index (χ0) is 22.2. The van der Waals surface area contributed by atoms with Crippen LogP contribution >= 0.6 is 31.9 Å². The summed E-state index contributed by atoms with van der Waals surface area (Å²) < 4.78 is 5.65. The number of rotatable bonds is 1. The van der Waals surface area contributed by atoms with E-state index in [-0.39, 0.29) is 23.2 Å². The van der Waals surface area contributed by atoms with Crippen molar-refractivity contribution in [3.63, 3.8) is 0 Å². The Labute approximate surface area is 192 Å². The van der Waals surface area contributed by atoms with E-state index in [1.807, 2.05) is 23.8 Å². The van der Waals surface area contributed by atoms with E-state index in [9.17, 15) is 20.1 Å². The first-order valence-electron chi connectivity index (χ1n) is 9.45. The van der Waals surface area contributed by atoms with Gasteiger partial charge in [0, 0.05) is 25.0 Å². The second-order valence-corrected chi connectivity index (χ2v) is 7.10. The normalized spacial score (nSPS) is 22.7. The van der Waals surface area contributed by atoms with Crippen LogP contribution in [0.25, 0.3) is 11.1 Å². The van der Waals surface area contributed by atoms with Gasteiger partial charge in [-0.05, 0) is 58.1 Å². The Balaban J connectivity index is 0.000000606. The van der Waals surface area contributed by atoms with E-state index in [4.69, 9.17) is 4.74 Å². The van der Waals surface area contributed by atoms with E-state index in [0.29, 0.717) is 24.0 Å². The summed E-state index contributed by atoms with van der Waals surface area (Å²) in [7, 11) is 1.54. The average molecular weight is 540 g/mol. The topological polar surface area (TPSA) is 87.0 Å². The lowest BCUT2D eigenvalue weighted by atomic mass is 9.74. The van der Waals surface area contributed by atoms with Crippen molar-refractivity contribution in [3.8, 4) is 11.5 Å². The molecule has 2 aromatic carbocycles. The van der Waals surface area contributed by atoms with Crippen LogP contribution in [0.15, 0.2) is 30.3 Å². The summed E-state index contributed by atoms with van der Waals surface area (Å²) in [5.41, 5.74) is 5.31. The molecule has 0 saturated carbocycles. The average Bonchev–Trinajstić information content (AvgIpc) is 3.10. The van der Waals surface area contributed by atoms with Crippen molar-refractivity contribution in [1.29, 1.82) is 0 Å². The number of carbonyl (C=O) groups is 1. The number of carbonyl (C=O) groups excluding carboxylic acids is 1. The Kier molecular flexibility index (Phi) is 7.07. The van der Waals surface area contributed by atoms with Gasteiger partial charge in [0.25, 0.3) is 0 Å². The number of ether oxygens (including phenoxy) is 1. The minimum atomic E-state index is -0.981. The molecule has 0 heterocycles. The molecule has 0 aliphatic heterocycles. The van der Waals surface area contributed by atoms with E-state index in [1.165, 1.54) is 0 Å². The summed E-state index contributed by atoms with van der Waals surface area (Å²) >= 11 is 5.88. The lowest BCUT2D eigenvalue weighted by Crippen LogP contribution is -2.33. The fourth-order valence-corrected chi connectivity index (χ4v) is 4.96. The highest BCUT2D eigenvalue weighted by Crippen LogP contribution is 2.60. The van der Waals surface area contributed by atoms with Gasteiger partial charge >= 0.3 is 0 Å². The maximum Gasteiger partial charge on any atom is 0.167 e. The van der Waals surface area contributed by atoms with Crippen LogP contribution in [0.4, 0.5) is 0 Å². The summed E-state index contributed by atoms with van der Waals surface area (Å²) in [4.78, 5) is 12.4. The summed E-state index contributed by atoms with van der Waals surface area (Å²) in [6.07, 6.45) is -0.641. The van der Waals surface area contributed by atoms with Gasteiger partial charge in [-0.15, -0.1) is 0 Å². The third kappa shape index (κ3) is 3.23. The molecule has 0 bridgehead atoms. The van der Waals surface area contributed by atoms with Crippen molar-refractivity contribution in [2.45, 2.75) is 31.0 Å². The molecule has 0 spiro atoms. The van der Waals surface area contributed by atoms with Gasteiger partial charge in [-0.25, -0.2) is 0 Å². The summed E-state index contributed by atoms with van der Waals surface area (Å²) in [6, 6.07) is 8.57. The molecule has 0 unspecified atom stereocenters. The van der Waals surface area contributed by atoms with Gasteiger partial charge in [0.05, 0.1) is 11.7 Å². The zero-order valence-electron chi connectivity index (χ0n) is 16.9. The molecule has 0 aromatic heterocycles. The van der Waals surface area contributed by atoms with Crippen LogP contribution in [-0.4, -0.2) is 46.0 Å². The van der Waals surface area contributed by atoms with Crippen LogP contribution < -0.4 is 0 Å². The third-order valence-electron chi connectivity index (χ3n) is 5.95. The molecule has 5 nitrogen and oxygen atoms in total. The lowest BCUT2D eigenvalue weighted by molar-refractivity contribution is -0.0234. The Morgan fingerprint density at radius 2 is 1.67 bits per heavy atom. The first-order valence-corrected chi connectivity index (χ1v) is 12.6. The number of aromatic hydroxyl groups is 2. The number of allylic oxidation sites excluding steroid dienone is 1. The van der Waals surface area contributed by atoms with E-state index in [0.717, 1.165) is 27.8 Å². The van der Waals surface area contributed by atoms with Gasteiger partial charge in [-0.2, -0.15) is 0 Å². The molecule has 3 aliphatic rings. The van der Waals surface area contributed by atoms with Crippen molar-refractivity contribution in [2.24, 2.45) is 0 Å². The standard InChI is InChI=1S/C21H18O5.2CH3Br/c1-26-21-18-11-6-8-14(24)19-13(23)7-5-10(16(11)19)15(18)9-3-2-4-12(22)17(9)20(21)25;2*1-2/h2-4,6,8,18,20-22,24-25H,5,7H2,1H3;2*1H3/t18-,20-,21+;;/m0../s1. The number of alkyl halides is 2. The molecule has 5 rings (SSSR count). The molecule has 160 valence electrons. The Hall–Kier alpha value is -1.67. The largest absolute Gasteiger partial charge is 0.508 e. The van der Waals surface area contributed by atoms with Gasteiger partial charge in [-0.1, -0.05) is 50.1 Å². The number of fused-ring (bicyclic) bond motifs is 4. The highest BCUT2D eigenvalue weighted by molar-refractivity contribution is 9.09. The number of ketones is 1. The van der Waals surface area contributed by atoms with E-state index < -0.39 is 12.2 Å². The van der Waals surface area contributed by atoms with Crippen LogP contribution in [0.2, 0.25) is 0 Å². The van der Waals surface area contributed by atoms with Crippen LogP contribution in [0.3, 0.4) is 0 Å². The first kappa shape index (κ1) is 23.0. The number of aliphatic hydroxyl groups excluding tert-OH is 1. The van der Waals surface area contributed by atoms with E-state index in [2.05, 4.69) is 31.9 Å². The van der Waals surface area contributed by atoms with Crippen molar-refractivity contribution < 1.29 is 24.9 Å². The minimum absolute atomic E-state index is 0.00385. The highest BCUT2D eigenvalue weighted by atomic mass is 79.9. The number of halogens is 2. The number of Topliss-reactive ketones (excluding diaryl/α,β-unsaturated/α-hetero) is 1. The second-order valence-electron chi connectivity index (χ2n) is 7.10. The summed E-state index contributed by atoms with van der Waals surface area (Å²) in [5, 5.41) is 31.5. The predicted molar refractivity (Wildman–Crippen MR) is 125 cm³/mol. The minimum Gasteiger partial charge on any atom is -0.508 e. The molecular weight excluding hydrogens is 516 g/mol. The molecule has 0 saturated heterocycles. The van der Waals surface area contributed by atoms with Gasteiger partial charge < -0.3 is 20.1 Å². The number of aliphatic hydroxyl groups is 1. The molecule has 30 heavy (non-hydrogen) atoms. The first-order chi connectivity index (χ1) is 14.5. The second kappa shape index (κ2) is 9.22. The molecular formula is C23H24Br2O5. The molecule has 3 atom stereocenters. The van der Waals surface area contributed by atoms with Crippen molar-refractivity contribution in [3.05, 3.63) is 58.1 Å². The number of benzene rings is 2. The third-order valence-corrected chi connectivity index (χ3v) is 5.95. The molecule has 0 amide bonds. The monoisotopic (exact) mass is 538 g/mol. The van der Waals surface area contributed by atoms with Crippen molar-refractivity contribution >= 4 is 48.8 Å². The van der Waals surface area contributed by atoms with Crippen molar-refractivity contribution in [1.82, 2.24) is 0 Å². The van der Waals surface area contributed by atoms with Crippen LogP contribution in [-0.2, 0) is 4.74 Å². The Morgan fingerprint density at radius 1 is 0.967 bits per heavy atom. The number of methoxy groups -OCH3 is 1. The number of hydrogen-bond acceptors (Lipinski definition) is 5. The zero-order valence-corrected chi connectivity index (χ0v) is 20.1. The lowest BCUT2D eigenvalue weighted by Gasteiger charge is -2.37.